The van der Waals surface area contributed by atoms with Gasteiger partial charge in [0.1, 0.15) is 12.4 Å². The molecule has 0 radical (unpaired) electrons. The van der Waals surface area contributed by atoms with Crippen LogP contribution in [0.15, 0.2) is 12.1 Å². The van der Waals surface area contributed by atoms with E-state index in [1.807, 2.05) is 0 Å². The molecule has 0 saturated heterocycles. The lowest BCUT2D eigenvalue weighted by Gasteiger charge is -2.18. The highest BCUT2D eigenvalue weighted by molar-refractivity contribution is 6.32. The zero-order valence-electron chi connectivity index (χ0n) is 13.9. The first-order valence-corrected chi connectivity index (χ1v) is 6.08. The monoisotopic (exact) mass is 333 g/mol. The summed E-state index contributed by atoms with van der Waals surface area (Å²) in [4.78, 5) is 11.7. The maximum Gasteiger partial charge on any atom is 0.345 e. The van der Waals surface area contributed by atoms with Crippen LogP contribution >= 0.6 is 23.2 Å². The van der Waals surface area contributed by atoms with Gasteiger partial charge in [-0.15, -0.1) is 11.6 Å². The van der Waals surface area contributed by atoms with Gasteiger partial charge in [-0.2, -0.15) is 8.78 Å². The molecule has 1 amide bonds. The summed E-state index contributed by atoms with van der Waals surface area (Å²) in [5, 5.41) is 1.52. The second-order valence-corrected chi connectivity index (χ2v) is 4.22. The van der Waals surface area contributed by atoms with Crippen LogP contribution in [0.25, 0.3) is 0 Å². The molecular formula is C12H12Cl2F3NO2. The summed E-state index contributed by atoms with van der Waals surface area (Å²) in [6.07, 6.45) is 0. The lowest BCUT2D eigenvalue weighted by Crippen LogP contribution is -2.31. The Morgan fingerprint density at radius 2 is 2.30 bits per heavy atom. The average molecular weight is 334 g/mol. The van der Waals surface area contributed by atoms with Gasteiger partial charge in [-0.3, -0.25) is 4.79 Å². The molecule has 0 aliphatic rings. The first kappa shape index (κ1) is 11.7. The third kappa shape index (κ3) is 4.85. The van der Waals surface area contributed by atoms with E-state index in [1.165, 1.54) is 0 Å². The van der Waals surface area contributed by atoms with Crippen molar-refractivity contribution in [3.63, 3.8) is 0 Å². The second-order valence-electron chi connectivity index (χ2n) is 3.54. The van der Waals surface area contributed by atoms with Gasteiger partial charge in [0.15, 0.2) is 0 Å². The smallest absolute Gasteiger partial charge is 0.345 e. The van der Waals surface area contributed by atoms with Gasteiger partial charge < -0.3 is 10.1 Å². The quantitative estimate of drug-likeness (QED) is 0.807. The molecule has 0 aromatic heterocycles. The summed E-state index contributed by atoms with van der Waals surface area (Å²) in [7, 11) is 0. The van der Waals surface area contributed by atoms with Crippen LogP contribution in [0.1, 0.15) is 29.5 Å². The third-order valence-electron chi connectivity index (χ3n) is 2.17. The van der Waals surface area contributed by atoms with Crippen LogP contribution in [-0.4, -0.2) is 19.1 Å². The summed E-state index contributed by atoms with van der Waals surface area (Å²) >= 11 is 11.5. The maximum atomic E-state index is 13.6. The fourth-order valence-electron chi connectivity index (χ4n) is 1.34. The molecule has 0 fully saturated rings. The van der Waals surface area contributed by atoms with E-state index in [0.717, 1.165) is 6.07 Å². The zero-order chi connectivity index (χ0) is 18.7. The average Bonchev–Trinajstić information content (AvgIpc) is 2.43. The number of amides is 1. The van der Waals surface area contributed by atoms with E-state index in [4.69, 9.17) is 28.7 Å². The Morgan fingerprint density at radius 1 is 1.60 bits per heavy atom. The van der Waals surface area contributed by atoms with Crippen molar-refractivity contribution in [2.75, 3.05) is 6.61 Å². The highest BCUT2D eigenvalue weighted by Crippen LogP contribution is 2.28. The number of halogens is 5. The minimum Gasteiger partial charge on any atom is -0.348 e. The molecule has 1 rings (SSSR count). The van der Waals surface area contributed by atoms with E-state index < -0.39 is 43.4 Å². The highest BCUT2D eigenvalue weighted by atomic mass is 35.5. The zero-order valence-corrected chi connectivity index (χ0v) is 11.4. The molecule has 1 N–H and O–H groups in total. The Hall–Kier alpha value is -0.980. The molecule has 1 aromatic rings. The molecule has 0 unspecified atom stereocenters. The van der Waals surface area contributed by atoms with Gasteiger partial charge in [-0.05, 0) is 30.1 Å². The van der Waals surface area contributed by atoms with Crippen LogP contribution < -0.4 is 5.32 Å². The number of hydrogen-bond donors (Lipinski definition) is 1. The fraction of sp³-hybridized carbons (Fsp3) is 0.417. The second kappa shape index (κ2) is 7.71. The minimum atomic E-state index is -3.26. The van der Waals surface area contributed by atoms with E-state index in [9.17, 15) is 18.0 Å². The van der Waals surface area contributed by atoms with E-state index >= 15 is 0 Å². The van der Waals surface area contributed by atoms with Gasteiger partial charge in [-0.25, -0.2) is 4.39 Å². The molecule has 3 nitrogen and oxygen atoms in total. The number of ether oxygens (including phenoxy) is 1. The molecule has 0 aliphatic heterocycles. The number of nitrogens with one attached hydrogen (secondary N) is 1. The first-order valence-electron chi connectivity index (χ1n) is 7.17. The summed E-state index contributed by atoms with van der Waals surface area (Å²) in [5.41, 5.74) is -0.589. The molecular weight excluding hydrogens is 318 g/mol. The van der Waals surface area contributed by atoms with Gasteiger partial charge in [0.05, 0.1) is 7.39 Å². The standard InChI is InChI=1S/C12H12Cl2F3NO2/c1-6(18-11(19)5-20-12(16)17)8-2-7(15)3-10(14)9(8)4-13/h2-3,6,12H,4-5H2,1H3,(H,18,19)/t6-/m0/s1/i1D3,6D. The molecule has 0 bridgehead atoms. The SMILES string of the molecule is [2H]C([2H])([2H])[C@]([2H])(NC(=O)COC(F)F)c1cc(F)cc(Cl)c1CCl. The molecule has 0 saturated carbocycles. The summed E-state index contributed by atoms with van der Waals surface area (Å²) in [6, 6.07) is -1.31. The van der Waals surface area contributed by atoms with Crippen LogP contribution in [0.3, 0.4) is 0 Å². The van der Waals surface area contributed by atoms with Crippen LogP contribution in [0.5, 0.6) is 0 Å². The van der Waals surface area contributed by atoms with Crippen LogP contribution in [0.4, 0.5) is 13.2 Å². The van der Waals surface area contributed by atoms with Crippen molar-refractivity contribution in [3.05, 3.63) is 34.1 Å². The summed E-state index contributed by atoms with van der Waals surface area (Å²) in [5.74, 6) is -2.63. The third-order valence-corrected chi connectivity index (χ3v) is 2.77. The van der Waals surface area contributed by atoms with E-state index in [1.54, 1.807) is 5.32 Å². The number of rotatable bonds is 6. The van der Waals surface area contributed by atoms with E-state index in [2.05, 4.69) is 4.74 Å². The van der Waals surface area contributed by atoms with E-state index in [-0.39, 0.29) is 16.5 Å². The topological polar surface area (TPSA) is 38.3 Å². The van der Waals surface area contributed by atoms with Crippen molar-refractivity contribution in [1.82, 2.24) is 5.32 Å². The fourth-order valence-corrected chi connectivity index (χ4v) is 1.97. The molecule has 0 heterocycles. The first-order chi connectivity index (χ1) is 10.9. The predicted octanol–water partition coefficient (Wildman–Crippen LogP) is 3.63. The number of carbonyl (C=O) groups is 1. The van der Waals surface area contributed by atoms with Crippen LogP contribution in [0.2, 0.25) is 5.02 Å². The summed E-state index contributed by atoms with van der Waals surface area (Å²) < 4.78 is 71.9. The van der Waals surface area contributed by atoms with Crippen LogP contribution in [-0.2, 0) is 15.4 Å². The van der Waals surface area contributed by atoms with Gasteiger partial charge in [0.25, 0.3) is 0 Å². The molecule has 0 spiro atoms. The number of benzene rings is 1. The van der Waals surface area contributed by atoms with Crippen molar-refractivity contribution in [3.8, 4) is 0 Å². The van der Waals surface area contributed by atoms with Crippen LogP contribution in [0, 0.1) is 5.82 Å². The normalized spacial score (nSPS) is 17.7. The van der Waals surface area contributed by atoms with Gasteiger partial charge >= 0.3 is 6.61 Å². The predicted molar refractivity (Wildman–Crippen MR) is 69.5 cm³/mol. The molecule has 0 aliphatic carbocycles. The Morgan fingerprint density at radius 3 is 2.85 bits per heavy atom. The Labute approximate surface area is 129 Å². The largest absolute Gasteiger partial charge is 0.348 e. The number of hydrogen-bond acceptors (Lipinski definition) is 2. The van der Waals surface area contributed by atoms with Gasteiger partial charge in [0, 0.05) is 15.0 Å². The Balaban J connectivity index is 3.35. The number of alkyl halides is 3. The molecule has 8 heteroatoms. The Kier molecular flexibility index (Phi) is 4.49. The molecule has 1 atom stereocenters. The molecule has 1 aromatic carbocycles. The van der Waals surface area contributed by atoms with Crippen molar-refractivity contribution in [1.29, 1.82) is 0 Å². The van der Waals surface area contributed by atoms with Crippen molar-refractivity contribution in [2.45, 2.75) is 25.4 Å². The minimum absolute atomic E-state index is 0.0825. The van der Waals surface area contributed by atoms with Gasteiger partial charge in [0.2, 0.25) is 5.91 Å². The number of carbonyl (C=O) groups excluding carboxylic acids is 1. The van der Waals surface area contributed by atoms with Crippen molar-refractivity contribution >= 4 is 29.1 Å². The summed E-state index contributed by atoms with van der Waals surface area (Å²) in [6.45, 7) is -7.63. The lowest BCUT2D eigenvalue weighted by atomic mass is 10.0. The van der Waals surface area contributed by atoms with E-state index in [0.29, 0.717) is 6.07 Å². The highest BCUT2D eigenvalue weighted by Gasteiger charge is 2.17. The van der Waals surface area contributed by atoms with Crippen molar-refractivity contribution in [2.24, 2.45) is 0 Å². The maximum absolute atomic E-state index is 13.6. The molecule has 20 heavy (non-hydrogen) atoms. The van der Waals surface area contributed by atoms with Gasteiger partial charge in [-0.1, -0.05) is 11.6 Å². The van der Waals surface area contributed by atoms with Crippen molar-refractivity contribution < 1.29 is 28.2 Å². The molecule has 112 valence electrons. The Bertz CT molecular complexity index is 619. The lowest BCUT2D eigenvalue weighted by molar-refractivity contribution is -0.152.